The second kappa shape index (κ2) is 6.99. The van der Waals surface area contributed by atoms with Crippen LogP contribution in [0.4, 0.5) is 5.69 Å². The third-order valence-electron chi connectivity index (χ3n) is 2.47. The molecule has 0 saturated heterocycles. The van der Waals surface area contributed by atoms with Crippen molar-refractivity contribution in [3.8, 4) is 0 Å². The van der Waals surface area contributed by atoms with Crippen LogP contribution in [0.5, 0.6) is 0 Å². The number of benzene rings is 1. The van der Waals surface area contributed by atoms with Crippen molar-refractivity contribution in [2.45, 2.75) is 0 Å². The van der Waals surface area contributed by atoms with Gasteiger partial charge in [0, 0.05) is 9.77 Å². The number of hydrogen-bond donors (Lipinski definition) is 2. The summed E-state index contributed by atoms with van der Waals surface area (Å²) in [6, 6.07) is 10.6. The van der Waals surface area contributed by atoms with Crippen LogP contribution in [0.2, 0.25) is 0 Å². The summed E-state index contributed by atoms with van der Waals surface area (Å²) in [7, 11) is 0. The molecule has 0 aliphatic rings. The predicted octanol–water partition coefficient (Wildman–Crippen LogP) is 2.05. The van der Waals surface area contributed by atoms with Gasteiger partial charge in [0.25, 0.3) is 5.91 Å². The molecule has 6 heteroatoms. The zero-order valence-electron chi connectivity index (χ0n) is 10.5. The first-order chi connectivity index (χ1) is 9.66. The van der Waals surface area contributed by atoms with Crippen molar-refractivity contribution in [1.82, 2.24) is 10.3 Å². The summed E-state index contributed by atoms with van der Waals surface area (Å²) in [4.78, 5) is 27.5. The number of anilines is 1. The average molecular weight is 381 g/mol. The first-order valence-corrected chi connectivity index (χ1v) is 6.97. The molecule has 0 saturated carbocycles. The van der Waals surface area contributed by atoms with Gasteiger partial charge in [0.2, 0.25) is 5.91 Å². The lowest BCUT2D eigenvalue weighted by Gasteiger charge is -2.07. The van der Waals surface area contributed by atoms with Crippen molar-refractivity contribution in [1.29, 1.82) is 0 Å². The molecule has 0 atom stereocenters. The maximum atomic E-state index is 11.9. The van der Waals surface area contributed by atoms with Gasteiger partial charge in [-0.05, 0) is 46.9 Å². The molecular weight excluding hydrogens is 369 g/mol. The van der Waals surface area contributed by atoms with Crippen LogP contribution in [0, 0.1) is 3.57 Å². The summed E-state index contributed by atoms with van der Waals surface area (Å²) < 4.78 is 0.843. The monoisotopic (exact) mass is 381 g/mol. The Morgan fingerprint density at radius 3 is 2.65 bits per heavy atom. The molecule has 2 N–H and O–H groups in total. The van der Waals surface area contributed by atoms with E-state index in [0.717, 1.165) is 3.57 Å². The highest BCUT2D eigenvalue weighted by Gasteiger charge is 2.10. The van der Waals surface area contributed by atoms with E-state index in [1.165, 1.54) is 0 Å². The van der Waals surface area contributed by atoms with Crippen LogP contribution >= 0.6 is 22.6 Å². The Morgan fingerprint density at radius 2 is 1.95 bits per heavy atom. The molecule has 20 heavy (non-hydrogen) atoms. The van der Waals surface area contributed by atoms with Gasteiger partial charge in [-0.1, -0.05) is 12.1 Å². The molecule has 0 aliphatic heterocycles. The Labute approximate surface area is 129 Å². The molecule has 5 nitrogen and oxygen atoms in total. The van der Waals surface area contributed by atoms with Gasteiger partial charge in [0.05, 0.1) is 24.0 Å². The number of pyridine rings is 1. The summed E-state index contributed by atoms with van der Waals surface area (Å²) in [6.07, 6.45) is 3.16. The fourth-order valence-electron chi connectivity index (χ4n) is 1.54. The Kier molecular flexibility index (Phi) is 5.05. The van der Waals surface area contributed by atoms with E-state index in [-0.39, 0.29) is 18.4 Å². The van der Waals surface area contributed by atoms with Crippen LogP contribution in [0.3, 0.4) is 0 Å². The molecule has 2 amide bonds. The van der Waals surface area contributed by atoms with Gasteiger partial charge in [-0.25, -0.2) is 0 Å². The van der Waals surface area contributed by atoms with Crippen LogP contribution < -0.4 is 10.6 Å². The molecule has 1 aromatic heterocycles. The molecule has 0 aliphatic carbocycles. The van der Waals surface area contributed by atoms with E-state index in [1.54, 1.807) is 36.7 Å². The maximum absolute atomic E-state index is 11.9. The van der Waals surface area contributed by atoms with Gasteiger partial charge in [-0.3, -0.25) is 14.6 Å². The predicted molar refractivity (Wildman–Crippen MR) is 84.4 cm³/mol. The summed E-state index contributed by atoms with van der Waals surface area (Å²) in [6.45, 7) is -0.0846. The van der Waals surface area contributed by atoms with Crippen LogP contribution in [-0.4, -0.2) is 23.3 Å². The van der Waals surface area contributed by atoms with E-state index in [0.29, 0.717) is 11.3 Å². The standard InChI is InChI=1S/C14H12IN3O2/c15-12-6-2-1-5-11(12)14(20)17-9-13(19)18-10-4-3-7-16-8-10/h1-8H,9H2,(H,17,20)(H,18,19). The molecule has 102 valence electrons. The SMILES string of the molecule is O=C(CNC(=O)c1ccccc1I)Nc1cccnc1. The van der Waals surface area contributed by atoms with Crippen LogP contribution in [-0.2, 0) is 4.79 Å². The van der Waals surface area contributed by atoms with Crippen LogP contribution in [0.1, 0.15) is 10.4 Å². The summed E-state index contributed by atoms with van der Waals surface area (Å²) in [5, 5.41) is 5.23. The largest absolute Gasteiger partial charge is 0.343 e. The third kappa shape index (κ3) is 4.02. The van der Waals surface area contributed by atoms with Crippen molar-refractivity contribution >= 4 is 40.1 Å². The van der Waals surface area contributed by atoms with Gasteiger partial charge < -0.3 is 10.6 Å². The van der Waals surface area contributed by atoms with Gasteiger partial charge >= 0.3 is 0 Å². The molecule has 2 rings (SSSR count). The highest BCUT2D eigenvalue weighted by molar-refractivity contribution is 14.1. The van der Waals surface area contributed by atoms with Crippen molar-refractivity contribution in [2.24, 2.45) is 0 Å². The fraction of sp³-hybridized carbons (Fsp3) is 0.0714. The molecule has 0 fully saturated rings. The zero-order chi connectivity index (χ0) is 14.4. The zero-order valence-corrected chi connectivity index (χ0v) is 12.6. The molecule has 1 heterocycles. The molecule has 1 aromatic carbocycles. The second-order valence-corrected chi connectivity index (χ2v) is 5.11. The molecule has 2 aromatic rings. The average Bonchev–Trinajstić information content (AvgIpc) is 2.46. The van der Waals surface area contributed by atoms with E-state index in [9.17, 15) is 9.59 Å². The van der Waals surface area contributed by atoms with E-state index >= 15 is 0 Å². The fourth-order valence-corrected chi connectivity index (χ4v) is 2.18. The van der Waals surface area contributed by atoms with Gasteiger partial charge in [0.15, 0.2) is 0 Å². The molecule has 0 bridgehead atoms. The summed E-state index contributed by atoms with van der Waals surface area (Å²) in [5.41, 5.74) is 1.16. The lowest BCUT2D eigenvalue weighted by Crippen LogP contribution is -2.33. The Bertz CT molecular complexity index is 617. The second-order valence-electron chi connectivity index (χ2n) is 3.95. The third-order valence-corrected chi connectivity index (χ3v) is 3.41. The van der Waals surface area contributed by atoms with E-state index in [2.05, 4.69) is 38.2 Å². The quantitative estimate of drug-likeness (QED) is 0.797. The minimum absolute atomic E-state index is 0.0846. The number of nitrogens with zero attached hydrogens (tertiary/aromatic N) is 1. The lowest BCUT2D eigenvalue weighted by atomic mass is 10.2. The Hall–Kier alpha value is -1.96. The van der Waals surface area contributed by atoms with E-state index < -0.39 is 0 Å². The minimum atomic E-state index is -0.294. The molecule has 0 spiro atoms. The maximum Gasteiger partial charge on any atom is 0.252 e. The first kappa shape index (κ1) is 14.4. The van der Waals surface area contributed by atoms with Gasteiger partial charge in [0.1, 0.15) is 0 Å². The van der Waals surface area contributed by atoms with Crippen molar-refractivity contribution in [2.75, 3.05) is 11.9 Å². The number of hydrogen-bond acceptors (Lipinski definition) is 3. The number of carbonyl (C=O) groups is 2. The number of aromatic nitrogens is 1. The number of rotatable bonds is 4. The van der Waals surface area contributed by atoms with E-state index in [1.807, 2.05) is 12.1 Å². The highest BCUT2D eigenvalue weighted by Crippen LogP contribution is 2.10. The van der Waals surface area contributed by atoms with Gasteiger partial charge in [-0.2, -0.15) is 0 Å². The van der Waals surface area contributed by atoms with Crippen molar-refractivity contribution in [3.63, 3.8) is 0 Å². The van der Waals surface area contributed by atoms with Crippen LogP contribution in [0.25, 0.3) is 0 Å². The number of carbonyl (C=O) groups excluding carboxylic acids is 2. The number of halogens is 1. The minimum Gasteiger partial charge on any atom is -0.343 e. The molecule has 0 radical (unpaired) electrons. The Balaban J connectivity index is 1.88. The molecule has 0 unspecified atom stereocenters. The van der Waals surface area contributed by atoms with Crippen molar-refractivity contribution in [3.05, 3.63) is 57.9 Å². The summed E-state index contributed by atoms with van der Waals surface area (Å²) >= 11 is 2.08. The van der Waals surface area contributed by atoms with Crippen LogP contribution in [0.15, 0.2) is 48.8 Å². The number of nitrogens with one attached hydrogen (secondary N) is 2. The normalized spacial score (nSPS) is 9.85. The first-order valence-electron chi connectivity index (χ1n) is 5.89. The molecular formula is C14H12IN3O2. The van der Waals surface area contributed by atoms with E-state index in [4.69, 9.17) is 0 Å². The Morgan fingerprint density at radius 1 is 1.15 bits per heavy atom. The topological polar surface area (TPSA) is 71.1 Å². The lowest BCUT2D eigenvalue weighted by molar-refractivity contribution is -0.115. The van der Waals surface area contributed by atoms with Crippen molar-refractivity contribution < 1.29 is 9.59 Å². The smallest absolute Gasteiger partial charge is 0.252 e. The summed E-state index contributed by atoms with van der Waals surface area (Å²) in [5.74, 6) is -0.561. The number of amides is 2. The van der Waals surface area contributed by atoms with Gasteiger partial charge in [-0.15, -0.1) is 0 Å². The highest BCUT2D eigenvalue weighted by atomic mass is 127.